The fraction of sp³-hybridized carbons (Fsp3) is 0.167. The fourth-order valence-corrected chi connectivity index (χ4v) is 4.23. The Balaban J connectivity index is 1.49. The van der Waals surface area contributed by atoms with E-state index in [-0.39, 0.29) is 0 Å². The second kappa shape index (κ2) is 7.65. The maximum Gasteiger partial charge on any atom is 0.226 e. The summed E-state index contributed by atoms with van der Waals surface area (Å²) < 4.78 is 7.71. The minimum Gasteiger partial charge on any atom is -0.444 e. The molecule has 0 saturated heterocycles. The fourth-order valence-electron chi connectivity index (χ4n) is 2.51. The highest BCUT2D eigenvalue weighted by Crippen LogP contribution is 2.29. The van der Waals surface area contributed by atoms with Gasteiger partial charge in [-0.25, -0.2) is 4.98 Å². The van der Waals surface area contributed by atoms with E-state index < -0.39 is 0 Å². The highest BCUT2D eigenvalue weighted by atomic mass is 35.5. The smallest absolute Gasteiger partial charge is 0.226 e. The molecule has 3 aromatic heterocycles. The summed E-state index contributed by atoms with van der Waals surface area (Å²) in [4.78, 5) is 5.67. The van der Waals surface area contributed by atoms with Gasteiger partial charge in [-0.2, -0.15) is 0 Å². The van der Waals surface area contributed by atoms with Crippen LogP contribution < -0.4 is 0 Å². The number of oxazole rings is 1. The van der Waals surface area contributed by atoms with Crippen LogP contribution in [0.1, 0.15) is 12.6 Å². The van der Waals surface area contributed by atoms with E-state index in [0.29, 0.717) is 16.7 Å². The summed E-state index contributed by atoms with van der Waals surface area (Å²) >= 11 is 9.19. The molecule has 0 N–H and O–H groups in total. The third kappa shape index (κ3) is 3.56. The van der Waals surface area contributed by atoms with E-state index in [0.717, 1.165) is 33.7 Å². The van der Waals surface area contributed by atoms with Crippen molar-refractivity contribution < 1.29 is 4.42 Å². The molecule has 0 aliphatic carbocycles. The second-order valence-electron chi connectivity index (χ2n) is 5.47. The van der Waals surface area contributed by atoms with E-state index in [9.17, 15) is 0 Å². The topological polar surface area (TPSA) is 56.7 Å². The first-order chi connectivity index (χ1) is 12.7. The molecular formula is C18H15ClN4OS2. The molecule has 0 bridgehead atoms. The third-order valence-electron chi connectivity index (χ3n) is 3.77. The Hall–Kier alpha value is -2.09. The largest absolute Gasteiger partial charge is 0.444 e. The molecule has 0 fully saturated rings. The average molecular weight is 403 g/mol. The van der Waals surface area contributed by atoms with Gasteiger partial charge in [0.2, 0.25) is 5.89 Å². The Morgan fingerprint density at radius 2 is 2.04 bits per heavy atom. The van der Waals surface area contributed by atoms with Crippen molar-refractivity contribution in [3.8, 4) is 22.2 Å². The van der Waals surface area contributed by atoms with Gasteiger partial charge in [0, 0.05) is 22.9 Å². The highest BCUT2D eigenvalue weighted by Gasteiger charge is 2.15. The van der Waals surface area contributed by atoms with Crippen LogP contribution in [0.2, 0.25) is 5.02 Å². The first-order valence-corrected chi connectivity index (χ1v) is 10.3. The molecular weight excluding hydrogens is 388 g/mol. The lowest BCUT2D eigenvalue weighted by atomic mass is 10.2. The summed E-state index contributed by atoms with van der Waals surface area (Å²) in [7, 11) is 0. The Bertz CT molecular complexity index is 993. The molecule has 0 aliphatic heterocycles. The van der Waals surface area contributed by atoms with Crippen LogP contribution in [0.5, 0.6) is 0 Å². The number of benzene rings is 1. The molecule has 26 heavy (non-hydrogen) atoms. The van der Waals surface area contributed by atoms with E-state index in [1.54, 1.807) is 29.4 Å². The number of hydrogen-bond donors (Lipinski definition) is 0. The van der Waals surface area contributed by atoms with E-state index in [4.69, 9.17) is 16.0 Å². The van der Waals surface area contributed by atoms with Gasteiger partial charge in [0.1, 0.15) is 6.26 Å². The molecule has 132 valence electrons. The van der Waals surface area contributed by atoms with Crippen molar-refractivity contribution in [2.75, 3.05) is 0 Å². The van der Waals surface area contributed by atoms with E-state index >= 15 is 0 Å². The van der Waals surface area contributed by atoms with Gasteiger partial charge in [0.05, 0.1) is 10.6 Å². The number of thioether (sulfide) groups is 1. The Morgan fingerprint density at radius 1 is 1.19 bits per heavy atom. The molecule has 0 amide bonds. The van der Waals surface area contributed by atoms with E-state index in [1.165, 1.54) is 0 Å². The lowest BCUT2D eigenvalue weighted by Gasteiger charge is -2.05. The summed E-state index contributed by atoms with van der Waals surface area (Å²) in [6.07, 6.45) is 1.68. The molecule has 0 atom stereocenters. The number of nitrogens with zero attached hydrogens (tertiary/aromatic N) is 4. The molecule has 4 rings (SSSR count). The summed E-state index contributed by atoms with van der Waals surface area (Å²) in [5, 5.41) is 12.3. The minimum absolute atomic E-state index is 0.591. The summed E-state index contributed by atoms with van der Waals surface area (Å²) in [5.41, 5.74) is 1.77. The van der Waals surface area contributed by atoms with Crippen molar-refractivity contribution in [3.63, 3.8) is 0 Å². The predicted octanol–water partition coefficient (Wildman–Crippen LogP) is 5.63. The lowest BCUT2D eigenvalue weighted by molar-refractivity contribution is 0.573. The van der Waals surface area contributed by atoms with Crippen LogP contribution in [0.25, 0.3) is 22.2 Å². The monoisotopic (exact) mass is 402 g/mol. The summed E-state index contributed by atoms with van der Waals surface area (Å²) in [6.45, 7) is 2.91. The number of rotatable bonds is 6. The number of thiophene rings is 1. The quantitative estimate of drug-likeness (QED) is 0.391. The molecule has 3 heterocycles. The van der Waals surface area contributed by atoms with Gasteiger partial charge in [-0.05, 0) is 42.6 Å². The zero-order valence-corrected chi connectivity index (χ0v) is 16.3. The van der Waals surface area contributed by atoms with Crippen molar-refractivity contribution >= 4 is 34.7 Å². The number of aromatic nitrogens is 4. The molecule has 0 unspecified atom stereocenters. The lowest BCUT2D eigenvalue weighted by Crippen LogP contribution is -1.99. The van der Waals surface area contributed by atoms with Crippen LogP contribution >= 0.6 is 34.7 Å². The van der Waals surface area contributed by atoms with Crippen LogP contribution in [0.4, 0.5) is 0 Å². The first kappa shape index (κ1) is 17.3. The predicted molar refractivity (Wildman–Crippen MR) is 106 cm³/mol. The summed E-state index contributed by atoms with van der Waals surface area (Å²) in [5.74, 6) is 2.17. The van der Waals surface area contributed by atoms with Gasteiger partial charge in [-0.15, -0.1) is 21.5 Å². The van der Waals surface area contributed by atoms with Crippen molar-refractivity contribution in [1.29, 1.82) is 0 Å². The molecule has 8 heteroatoms. The molecule has 5 nitrogen and oxygen atoms in total. The standard InChI is InChI=1S/C18H15ClN4OS2/c1-2-23-16(15-4-3-9-25-15)21-22-18(23)26-11-14-10-24-17(20-14)12-5-7-13(19)8-6-12/h3-10H,2,11H2,1H3. The second-order valence-corrected chi connectivity index (χ2v) is 7.79. The average Bonchev–Trinajstić information content (AvgIpc) is 3.40. The normalized spacial score (nSPS) is 11.2. The summed E-state index contributed by atoms with van der Waals surface area (Å²) in [6, 6.07) is 11.5. The maximum atomic E-state index is 5.92. The molecule has 0 radical (unpaired) electrons. The van der Waals surface area contributed by atoms with Gasteiger partial charge in [0.15, 0.2) is 11.0 Å². The van der Waals surface area contributed by atoms with Gasteiger partial charge in [-0.1, -0.05) is 29.4 Å². The Morgan fingerprint density at radius 3 is 2.77 bits per heavy atom. The highest BCUT2D eigenvalue weighted by molar-refractivity contribution is 7.98. The van der Waals surface area contributed by atoms with Gasteiger partial charge >= 0.3 is 0 Å². The number of halogens is 1. The van der Waals surface area contributed by atoms with E-state index in [1.807, 2.05) is 35.7 Å². The van der Waals surface area contributed by atoms with E-state index in [2.05, 4.69) is 32.7 Å². The minimum atomic E-state index is 0.591. The molecule has 1 aromatic carbocycles. The van der Waals surface area contributed by atoms with Crippen LogP contribution in [0, 0.1) is 0 Å². The zero-order valence-electron chi connectivity index (χ0n) is 13.9. The van der Waals surface area contributed by atoms with Gasteiger partial charge < -0.3 is 8.98 Å². The van der Waals surface area contributed by atoms with Crippen molar-refractivity contribution in [2.24, 2.45) is 0 Å². The maximum absolute atomic E-state index is 5.92. The number of hydrogen-bond acceptors (Lipinski definition) is 6. The molecule has 0 spiro atoms. The third-order valence-corrected chi connectivity index (χ3v) is 5.88. The molecule has 0 aliphatic rings. The first-order valence-electron chi connectivity index (χ1n) is 8.05. The Labute approximate surface area is 164 Å². The van der Waals surface area contributed by atoms with Gasteiger partial charge in [-0.3, -0.25) is 0 Å². The Kier molecular flexibility index (Phi) is 5.10. The SMILES string of the molecule is CCn1c(SCc2coc(-c3ccc(Cl)cc3)n2)nnc1-c1cccs1. The van der Waals surface area contributed by atoms with Crippen LogP contribution in [0.3, 0.4) is 0 Å². The van der Waals surface area contributed by atoms with Crippen molar-refractivity contribution in [1.82, 2.24) is 19.7 Å². The van der Waals surface area contributed by atoms with Crippen LogP contribution in [-0.4, -0.2) is 19.7 Å². The van der Waals surface area contributed by atoms with Crippen molar-refractivity contribution in [2.45, 2.75) is 24.4 Å². The van der Waals surface area contributed by atoms with Crippen LogP contribution in [0.15, 0.2) is 57.6 Å². The van der Waals surface area contributed by atoms with Gasteiger partial charge in [0.25, 0.3) is 0 Å². The van der Waals surface area contributed by atoms with Crippen molar-refractivity contribution in [3.05, 3.63) is 58.8 Å². The van der Waals surface area contributed by atoms with Crippen LogP contribution in [-0.2, 0) is 12.3 Å². The molecule has 4 aromatic rings. The zero-order chi connectivity index (χ0) is 17.9. The molecule has 0 saturated carbocycles.